The summed E-state index contributed by atoms with van der Waals surface area (Å²) in [7, 11) is 0. The van der Waals surface area contributed by atoms with E-state index in [9.17, 15) is 0 Å². The number of benzene rings is 9. The Kier molecular flexibility index (Phi) is 7.20. The van der Waals surface area contributed by atoms with Crippen LogP contribution in [-0.4, -0.2) is 15.0 Å². The molecular weight excluding hydrogens is 723 g/mol. The van der Waals surface area contributed by atoms with Crippen LogP contribution in [0.3, 0.4) is 0 Å². The van der Waals surface area contributed by atoms with E-state index in [2.05, 4.69) is 153 Å². The van der Waals surface area contributed by atoms with Gasteiger partial charge in [0, 0.05) is 22.1 Å². The molecule has 2 aliphatic rings. The minimum absolute atomic E-state index is 0.117. The average molecular weight is 758 g/mol. The molecule has 1 aliphatic heterocycles. The number of aromatic nitrogens is 3. The van der Waals surface area contributed by atoms with E-state index < -0.39 is 0 Å². The lowest BCUT2D eigenvalue weighted by Gasteiger charge is -2.25. The normalized spacial score (nSPS) is 13.3. The zero-order valence-electron chi connectivity index (χ0n) is 32.4. The van der Waals surface area contributed by atoms with Crippen LogP contribution >= 0.6 is 0 Å². The molecule has 0 bridgehead atoms. The van der Waals surface area contributed by atoms with Crippen molar-refractivity contribution < 1.29 is 9.47 Å². The highest BCUT2D eigenvalue weighted by Gasteiger charge is 2.37. The van der Waals surface area contributed by atoms with Crippen LogP contribution in [0.1, 0.15) is 25.0 Å². The van der Waals surface area contributed by atoms with Gasteiger partial charge in [0.05, 0.1) is 0 Å². The zero-order valence-corrected chi connectivity index (χ0v) is 32.4. The highest BCUT2D eigenvalue weighted by molar-refractivity contribution is 6.25. The molecule has 1 aromatic heterocycles. The van der Waals surface area contributed by atoms with Crippen LogP contribution in [-0.2, 0) is 5.41 Å². The number of nitrogens with zero attached hydrogens (tertiary/aromatic N) is 3. The third-order valence-corrected chi connectivity index (χ3v) is 12.2. The Morgan fingerprint density at radius 2 is 0.814 bits per heavy atom. The third-order valence-electron chi connectivity index (χ3n) is 12.2. The van der Waals surface area contributed by atoms with Gasteiger partial charge >= 0.3 is 0 Å². The molecule has 0 N–H and O–H groups in total. The van der Waals surface area contributed by atoms with Gasteiger partial charge in [0.25, 0.3) is 0 Å². The lowest BCUT2D eigenvalue weighted by atomic mass is 9.82. The van der Waals surface area contributed by atoms with E-state index in [-0.39, 0.29) is 5.41 Å². The molecule has 5 heteroatoms. The largest absolute Gasteiger partial charge is 0.450 e. The third kappa shape index (κ3) is 5.28. The quantitative estimate of drug-likeness (QED) is 0.167. The number of hydrogen-bond acceptors (Lipinski definition) is 5. The molecule has 0 saturated carbocycles. The van der Waals surface area contributed by atoms with Crippen molar-refractivity contribution in [2.75, 3.05) is 0 Å². The maximum absolute atomic E-state index is 6.57. The molecule has 2 heterocycles. The molecule has 278 valence electrons. The van der Waals surface area contributed by atoms with E-state index in [4.69, 9.17) is 24.4 Å². The number of hydrogen-bond donors (Lipinski definition) is 0. The molecule has 0 radical (unpaired) electrons. The van der Waals surface area contributed by atoms with E-state index in [1.54, 1.807) is 0 Å². The number of ether oxygens (including phenoxy) is 2. The molecule has 59 heavy (non-hydrogen) atoms. The fourth-order valence-electron chi connectivity index (χ4n) is 9.17. The van der Waals surface area contributed by atoms with Gasteiger partial charge in [-0.2, -0.15) is 0 Å². The van der Waals surface area contributed by atoms with Gasteiger partial charge in [0.2, 0.25) is 0 Å². The Hall–Kier alpha value is -7.63. The molecule has 0 atom stereocenters. The summed E-state index contributed by atoms with van der Waals surface area (Å²) in [5.41, 5.74) is 9.73. The van der Waals surface area contributed by atoms with Gasteiger partial charge in [-0.1, -0.05) is 159 Å². The maximum Gasteiger partial charge on any atom is 0.170 e. The summed E-state index contributed by atoms with van der Waals surface area (Å²) in [4.78, 5) is 15.2. The topological polar surface area (TPSA) is 57.1 Å². The monoisotopic (exact) mass is 757 g/mol. The van der Waals surface area contributed by atoms with E-state index in [1.807, 2.05) is 36.4 Å². The Balaban J connectivity index is 0.906. The summed E-state index contributed by atoms with van der Waals surface area (Å²) >= 11 is 0. The summed E-state index contributed by atoms with van der Waals surface area (Å²) in [6.07, 6.45) is 0. The molecular formula is C54H35N3O2. The van der Waals surface area contributed by atoms with E-state index in [0.717, 1.165) is 39.3 Å². The first-order chi connectivity index (χ1) is 29.0. The fourth-order valence-corrected chi connectivity index (χ4v) is 9.17. The molecule has 0 unspecified atom stereocenters. The Labute approximate surface area is 341 Å². The van der Waals surface area contributed by atoms with Gasteiger partial charge in [-0.05, 0) is 96.0 Å². The summed E-state index contributed by atoms with van der Waals surface area (Å²) in [6, 6.07) is 61.4. The van der Waals surface area contributed by atoms with Crippen molar-refractivity contribution in [1.29, 1.82) is 0 Å². The van der Waals surface area contributed by atoms with Gasteiger partial charge < -0.3 is 9.47 Å². The molecule has 5 nitrogen and oxygen atoms in total. The molecule has 0 saturated heterocycles. The first kappa shape index (κ1) is 33.5. The second-order valence-corrected chi connectivity index (χ2v) is 16.0. The van der Waals surface area contributed by atoms with Crippen molar-refractivity contribution in [2.45, 2.75) is 19.3 Å². The van der Waals surface area contributed by atoms with Gasteiger partial charge in [0.15, 0.2) is 40.5 Å². The molecule has 12 rings (SSSR count). The Morgan fingerprint density at radius 1 is 0.322 bits per heavy atom. The summed E-state index contributed by atoms with van der Waals surface area (Å²) in [5.74, 6) is 4.72. The predicted molar refractivity (Wildman–Crippen MR) is 238 cm³/mol. The van der Waals surface area contributed by atoms with Crippen LogP contribution in [0.15, 0.2) is 176 Å². The minimum Gasteiger partial charge on any atom is -0.450 e. The Bertz CT molecular complexity index is 3320. The highest BCUT2D eigenvalue weighted by Crippen LogP contribution is 2.55. The van der Waals surface area contributed by atoms with Crippen LogP contribution in [0.5, 0.6) is 23.0 Å². The average Bonchev–Trinajstić information content (AvgIpc) is 3.52. The molecule has 1 aliphatic carbocycles. The van der Waals surface area contributed by atoms with Gasteiger partial charge in [0.1, 0.15) is 0 Å². The van der Waals surface area contributed by atoms with Crippen molar-refractivity contribution in [3.63, 3.8) is 0 Å². The van der Waals surface area contributed by atoms with E-state index in [1.165, 1.54) is 54.6 Å². The van der Waals surface area contributed by atoms with Crippen molar-refractivity contribution >= 4 is 32.3 Å². The van der Waals surface area contributed by atoms with Crippen LogP contribution in [0, 0.1) is 0 Å². The summed E-state index contributed by atoms with van der Waals surface area (Å²) < 4.78 is 13.0. The smallest absolute Gasteiger partial charge is 0.170 e. The second kappa shape index (κ2) is 12.7. The first-order valence-corrected chi connectivity index (χ1v) is 20.0. The molecule has 0 spiro atoms. The van der Waals surface area contributed by atoms with Crippen LogP contribution in [0.25, 0.3) is 88.7 Å². The standard InChI is InChI=1S/C54H35N3O2/c1-54(2)45-19-11-10-18-42(45)44-30-49-50(31-46(44)54)58-47-27-25-35(29-48(47)59-49)32-20-22-34(23-21-32)52-55-51(33-12-4-3-5-13-33)56-53(57-52)36-24-26-41-39-16-7-6-14-37(39)38-15-8-9-17-40(38)43(41)28-36/h3-31H,1-2H3. The van der Waals surface area contributed by atoms with Crippen LogP contribution < -0.4 is 9.47 Å². The van der Waals surface area contributed by atoms with E-state index >= 15 is 0 Å². The summed E-state index contributed by atoms with van der Waals surface area (Å²) in [5, 5.41) is 7.30. The fraction of sp³-hybridized carbons (Fsp3) is 0.0556. The van der Waals surface area contributed by atoms with Gasteiger partial charge in [-0.25, -0.2) is 15.0 Å². The first-order valence-electron chi connectivity index (χ1n) is 20.0. The maximum atomic E-state index is 6.57. The van der Waals surface area contributed by atoms with Crippen molar-refractivity contribution in [1.82, 2.24) is 15.0 Å². The molecule has 9 aromatic carbocycles. The lowest BCUT2D eigenvalue weighted by molar-refractivity contribution is 0.359. The predicted octanol–water partition coefficient (Wildman–Crippen LogP) is 14.2. The molecule has 0 fully saturated rings. The Morgan fingerprint density at radius 3 is 1.53 bits per heavy atom. The van der Waals surface area contributed by atoms with Crippen LogP contribution in [0.2, 0.25) is 0 Å². The van der Waals surface area contributed by atoms with Crippen molar-refractivity contribution in [3.8, 4) is 79.4 Å². The second-order valence-electron chi connectivity index (χ2n) is 16.0. The zero-order chi connectivity index (χ0) is 39.2. The molecule has 10 aromatic rings. The number of rotatable bonds is 4. The van der Waals surface area contributed by atoms with Crippen molar-refractivity contribution in [2.24, 2.45) is 0 Å². The van der Waals surface area contributed by atoms with E-state index in [0.29, 0.717) is 29.0 Å². The summed E-state index contributed by atoms with van der Waals surface area (Å²) in [6.45, 7) is 4.55. The van der Waals surface area contributed by atoms with Crippen LogP contribution in [0.4, 0.5) is 0 Å². The highest BCUT2D eigenvalue weighted by atomic mass is 16.6. The number of fused-ring (bicyclic) bond motifs is 11. The minimum atomic E-state index is -0.117. The van der Waals surface area contributed by atoms with Gasteiger partial charge in [-0.15, -0.1) is 0 Å². The molecule has 0 amide bonds. The SMILES string of the molecule is CC1(C)c2ccccc2-c2cc3c(cc21)Oc1ccc(-c2ccc(-c4nc(-c5ccccc5)nc(-c5ccc6c7ccccc7c7ccccc7c6c5)n4)cc2)cc1O3. The van der Waals surface area contributed by atoms with Crippen molar-refractivity contribution in [3.05, 3.63) is 187 Å². The van der Waals surface area contributed by atoms with Gasteiger partial charge in [-0.3, -0.25) is 0 Å². The lowest BCUT2D eigenvalue weighted by Crippen LogP contribution is -2.15.